The number of aliphatic carboxylic acids is 1. The van der Waals surface area contributed by atoms with E-state index in [1.807, 2.05) is 37.3 Å². The van der Waals surface area contributed by atoms with Crippen molar-refractivity contribution < 1.29 is 27.8 Å². The molecular formula is C25H22F3NO3S. The lowest BCUT2D eigenvalue weighted by atomic mass is 10.1. The number of nitrogens with zero attached hydrogens (tertiary/aromatic N) is 1. The van der Waals surface area contributed by atoms with Gasteiger partial charge in [0.15, 0.2) is 0 Å². The standard InChI is InChI=1S/C25H22F3NO3S/c1-15-11-22(17-3-5-19(6-4-17)25(26,27)28)33-24(15)16(2)14-32-20-7-8-21-18(12-20)9-10-29(21)13-23(30)31/h3-12,16H,13-14H2,1-2H3,(H,30,31). The number of carbonyl (C=O) groups is 1. The Morgan fingerprint density at radius 3 is 2.52 bits per heavy atom. The molecule has 2 heterocycles. The van der Waals surface area contributed by atoms with Gasteiger partial charge < -0.3 is 14.4 Å². The summed E-state index contributed by atoms with van der Waals surface area (Å²) in [5, 5.41) is 9.91. The van der Waals surface area contributed by atoms with Gasteiger partial charge in [0.25, 0.3) is 0 Å². The second-order valence-electron chi connectivity index (χ2n) is 8.00. The molecule has 2 aromatic carbocycles. The number of carboxylic acids is 1. The fraction of sp³-hybridized carbons (Fsp3) is 0.240. The minimum absolute atomic E-state index is 0.0884. The van der Waals surface area contributed by atoms with Crippen LogP contribution in [0.3, 0.4) is 0 Å². The Balaban J connectivity index is 1.45. The average Bonchev–Trinajstić information content (AvgIpc) is 3.34. The summed E-state index contributed by atoms with van der Waals surface area (Å²) in [6.45, 7) is 4.39. The highest BCUT2D eigenvalue weighted by Gasteiger charge is 2.30. The smallest absolute Gasteiger partial charge is 0.416 e. The zero-order chi connectivity index (χ0) is 23.8. The topological polar surface area (TPSA) is 51.5 Å². The summed E-state index contributed by atoms with van der Waals surface area (Å²) in [7, 11) is 0. The average molecular weight is 474 g/mol. The molecule has 33 heavy (non-hydrogen) atoms. The molecule has 0 saturated carbocycles. The van der Waals surface area contributed by atoms with Gasteiger partial charge >= 0.3 is 12.1 Å². The zero-order valence-electron chi connectivity index (χ0n) is 18.0. The molecule has 1 N–H and O–H groups in total. The molecule has 4 rings (SSSR count). The summed E-state index contributed by atoms with van der Waals surface area (Å²) in [4.78, 5) is 13.0. The van der Waals surface area contributed by atoms with E-state index in [-0.39, 0.29) is 12.5 Å². The molecule has 0 bridgehead atoms. The van der Waals surface area contributed by atoms with Gasteiger partial charge in [-0.2, -0.15) is 13.2 Å². The van der Waals surface area contributed by atoms with Gasteiger partial charge in [-0.25, -0.2) is 0 Å². The monoisotopic (exact) mass is 473 g/mol. The van der Waals surface area contributed by atoms with E-state index in [1.54, 1.807) is 22.1 Å². The van der Waals surface area contributed by atoms with Crippen LogP contribution in [0.25, 0.3) is 21.3 Å². The number of aryl methyl sites for hydroxylation is 1. The van der Waals surface area contributed by atoms with Crippen LogP contribution < -0.4 is 4.74 Å². The molecule has 0 aliphatic rings. The first kappa shape index (κ1) is 22.9. The van der Waals surface area contributed by atoms with Crippen LogP contribution in [-0.4, -0.2) is 22.2 Å². The molecule has 8 heteroatoms. The van der Waals surface area contributed by atoms with E-state index in [0.29, 0.717) is 12.4 Å². The molecule has 0 fully saturated rings. The lowest BCUT2D eigenvalue weighted by Crippen LogP contribution is -2.07. The summed E-state index contributed by atoms with van der Waals surface area (Å²) in [6.07, 6.45) is -2.61. The molecule has 0 aliphatic carbocycles. The highest BCUT2D eigenvalue weighted by molar-refractivity contribution is 7.15. The number of halogens is 3. The van der Waals surface area contributed by atoms with E-state index in [2.05, 4.69) is 6.92 Å². The molecule has 0 saturated heterocycles. The van der Waals surface area contributed by atoms with Gasteiger partial charge in [0.1, 0.15) is 12.3 Å². The first-order chi connectivity index (χ1) is 15.6. The number of aromatic nitrogens is 1. The van der Waals surface area contributed by atoms with Crippen molar-refractivity contribution in [1.29, 1.82) is 0 Å². The second kappa shape index (κ2) is 8.94. The predicted molar refractivity (Wildman–Crippen MR) is 123 cm³/mol. The van der Waals surface area contributed by atoms with Gasteiger partial charge in [0.05, 0.1) is 12.2 Å². The van der Waals surface area contributed by atoms with Crippen LogP contribution in [0, 0.1) is 6.92 Å². The van der Waals surface area contributed by atoms with Crippen LogP contribution in [-0.2, 0) is 17.5 Å². The summed E-state index contributed by atoms with van der Waals surface area (Å²) >= 11 is 1.56. The number of fused-ring (bicyclic) bond motifs is 1. The molecule has 0 spiro atoms. The van der Waals surface area contributed by atoms with Crippen LogP contribution >= 0.6 is 11.3 Å². The minimum atomic E-state index is -4.34. The second-order valence-corrected chi connectivity index (χ2v) is 9.09. The first-order valence-corrected chi connectivity index (χ1v) is 11.1. The highest BCUT2D eigenvalue weighted by Crippen LogP contribution is 2.37. The van der Waals surface area contributed by atoms with Gasteiger partial charge in [-0.15, -0.1) is 11.3 Å². The van der Waals surface area contributed by atoms with Crippen molar-refractivity contribution in [3.8, 4) is 16.2 Å². The molecule has 0 radical (unpaired) electrons. The predicted octanol–water partition coefficient (Wildman–Crippen LogP) is 6.96. The van der Waals surface area contributed by atoms with E-state index in [9.17, 15) is 18.0 Å². The van der Waals surface area contributed by atoms with Crippen LogP contribution in [0.4, 0.5) is 13.2 Å². The number of hydrogen-bond donors (Lipinski definition) is 1. The lowest BCUT2D eigenvalue weighted by molar-refractivity contribution is -0.138. The normalized spacial score (nSPS) is 12.8. The van der Waals surface area contributed by atoms with Gasteiger partial charge in [0.2, 0.25) is 0 Å². The Labute approximate surface area is 192 Å². The van der Waals surface area contributed by atoms with Gasteiger partial charge in [0, 0.05) is 32.8 Å². The van der Waals surface area contributed by atoms with Gasteiger partial charge in [-0.1, -0.05) is 19.1 Å². The van der Waals surface area contributed by atoms with Gasteiger partial charge in [-0.05, 0) is 60.5 Å². The largest absolute Gasteiger partial charge is 0.493 e. The molecule has 2 aromatic heterocycles. The van der Waals surface area contributed by atoms with Crippen LogP contribution in [0.15, 0.2) is 60.8 Å². The molecular weight excluding hydrogens is 451 g/mol. The number of rotatable bonds is 7. The number of hydrogen-bond acceptors (Lipinski definition) is 3. The maximum atomic E-state index is 12.8. The number of carboxylic acid groups (broad SMARTS) is 1. The van der Waals surface area contributed by atoms with Crippen molar-refractivity contribution in [2.24, 2.45) is 0 Å². The number of alkyl halides is 3. The maximum absolute atomic E-state index is 12.8. The SMILES string of the molecule is Cc1cc(-c2ccc(C(F)(F)F)cc2)sc1C(C)COc1ccc2c(ccn2CC(=O)O)c1. The Hall–Kier alpha value is -3.26. The van der Waals surface area contributed by atoms with Crippen molar-refractivity contribution >= 4 is 28.2 Å². The summed E-state index contributed by atoms with van der Waals surface area (Å²) in [5.41, 5.74) is 2.00. The third-order valence-electron chi connectivity index (χ3n) is 5.45. The Kier molecular flexibility index (Phi) is 6.21. The quantitative estimate of drug-likeness (QED) is 0.316. The number of thiophene rings is 1. The van der Waals surface area contributed by atoms with Crippen molar-refractivity contribution in [2.75, 3.05) is 6.61 Å². The third-order valence-corrected chi connectivity index (χ3v) is 6.97. The van der Waals surface area contributed by atoms with Crippen LogP contribution in [0.5, 0.6) is 5.75 Å². The Bertz CT molecular complexity index is 1290. The molecule has 1 atom stereocenters. The van der Waals surface area contributed by atoms with Crippen LogP contribution in [0.2, 0.25) is 0 Å². The number of ether oxygens (including phenoxy) is 1. The molecule has 0 amide bonds. The van der Waals surface area contributed by atoms with Crippen LogP contribution in [0.1, 0.15) is 28.8 Å². The summed E-state index contributed by atoms with van der Waals surface area (Å²) < 4.78 is 46.1. The van der Waals surface area contributed by atoms with Crippen molar-refractivity contribution in [1.82, 2.24) is 4.57 Å². The summed E-state index contributed by atoms with van der Waals surface area (Å²) in [6, 6.07) is 14.6. The minimum Gasteiger partial charge on any atom is -0.493 e. The zero-order valence-corrected chi connectivity index (χ0v) is 18.8. The molecule has 4 aromatic rings. The first-order valence-electron chi connectivity index (χ1n) is 10.3. The van der Waals surface area contributed by atoms with E-state index in [0.717, 1.165) is 43.9 Å². The molecule has 4 nitrogen and oxygen atoms in total. The third kappa shape index (κ3) is 5.06. The molecule has 1 unspecified atom stereocenters. The Morgan fingerprint density at radius 2 is 1.85 bits per heavy atom. The van der Waals surface area contributed by atoms with E-state index >= 15 is 0 Å². The number of benzene rings is 2. The van der Waals surface area contributed by atoms with E-state index < -0.39 is 17.7 Å². The fourth-order valence-electron chi connectivity index (χ4n) is 3.80. The molecule has 0 aliphatic heterocycles. The van der Waals surface area contributed by atoms with Crippen molar-refractivity contribution in [3.05, 3.63) is 76.8 Å². The lowest BCUT2D eigenvalue weighted by Gasteiger charge is -2.13. The highest BCUT2D eigenvalue weighted by atomic mass is 32.1. The Morgan fingerprint density at radius 1 is 1.12 bits per heavy atom. The van der Waals surface area contributed by atoms with Crippen molar-refractivity contribution in [2.45, 2.75) is 32.5 Å². The molecule has 172 valence electrons. The summed E-state index contributed by atoms with van der Waals surface area (Å²) in [5.74, 6) is -0.117. The van der Waals surface area contributed by atoms with E-state index in [1.165, 1.54) is 12.1 Å². The maximum Gasteiger partial charge on any atom is 0.416 e. The van der Waals surface area contributed by atoms with Gasteiger partial charge in [-0.3, -0.25) is 4.79 Å². The fourth-order valence-corrected chi connectivity index (χ4v) is 5.02. The van der Waals surface area contributed by atoms with Crippen molar-refractivity contribution in [3.63, 3.8) is 0 Å². The van der Waals surface area contributed by atoms with E-state index in [4.69, 9.17) is 9.84 Å².